The molecule has 0 radical (unpaired) electrons. The van der Waals surface area contributed by atoms with Gasteiger partial charge in [-0.3, -0.25) is 9.69 Å². The molecule has 2 amide bonds. The molecule has 1 fully saturated rings. The molecule has 0 aliphatic carbocycles. The highest BCUT2D eigenvalue weighted by atomic mass is 35.5. The van der Waals surface area contributed by atoms with Gasteiger partial charge < -0.3 is 10.1 Å². The van der Waals surface area contributed by atoms with E-state index < -0.39 is 17.7 Å². The van der Waals surface area contributed by atoms with Crippen LogP contribution >= 0.6 is 11.6 Å². The second-order valence-corrected chi connectivity index (χ2v) is 7.84. The minimum Gasteiger partial charge on any atom is -0.444 e. The molecule has 20 heavy (non-hydrogen) atoms. The predicted octanol–water partition coefficient (Wildman–Crippen LogP) is 2.52. The largest absolute Gasteiger partial charge is 0.444 e. The van der Waals surface area contributed by atoms with Gasteiger partial charge in [-0.1, -0.05) is 0 Å². The molecule has 5 nitrogen and oxygen atoms in total. The van der Waals surface area contributed by atoms with Crippen molar-refractivity contribution in [3.8, 4) is 0 Å². The third-order valence-corrected chi connectivity index (χ3v) is 3.00. The summed E-state index contributed by atoms with van der Waals surface area (Å²) in [6.07, 6.45) is -0.0439. The molecule has 1 N–H and O–H groups in total. The highest BCUT2D eigenvalue weighted by Crippen LogP contribution is 2.25. The Morgan fingerprint density at radius 3 is 2.20 bits per heavy atom. The first kappa shape index (κ1) is 17.1. The normalized spacial score (nSPS) is 23.6. The Labute approximate surface area is 126 Å². The second-order valence-electron chi connectivity index (χ2n) is 7.22. The van der Waals surface area contributed by atoms with Crippen LogP contribution in [0.2, 0.25) is 0 Å². The maximum absolute atomic E-state index is 12.3. The molecule has 1 unspecified atom stereocenters. The molecule has 0 aromatic rings. The maximum atomic E-state index is 12.3. The maximum Gasteiger partial charge on any atom is 0.411 e. The highest BCUT2D eigenvalue weighted by Gasteiger charge is 2.41. The third kappa shape index (κ3) is 5.19. The Hall–Kier alpha value is -0.970. The Morgan fingerprint density at radius 2 is 1.75 bits per heavy atom. The molecule has 1 saturated heterocycles. The Kier molecular flexibility index (Phi) is 4.95. The first-order chi connectivity index (χ1) is 8.89. The van der Waals surface area contributed by atoms with Gasteiger partial charge in [0.25, 0.3) is 0 Å². The van der Waals surface area contributed by atoms with Gasteiger partial charge in [0.05, 0.1) is 5.38 Å². The van der Waals surface area contributed by atoms with Crippen LogP contribution in [0.5, 0.6) is 0 Å². The zero-order valence-electron chi connectivity index (χ0n) is 13.1. The van der Waals surface area contributed by atoms with Crippen LogP contribution in [-0.4, -0.2) is 46.0 Å². The monoisotopic (exact) mass is 304 g/mol. The van der Waals surface area contributed by atoms with Gasteiger partial charge in [0.1, 0.15) is 11.6 Å². The number of alkyl halides is 1. The number of likely N-dealkylation sites (tertiary alicyclic amines) is 1. The van der Waals surface area contributed by atoms with Crippen molar-refractivity contribution in [1.29, 1.82) is 0 Å². The van der Waals surface area contributed by atoms with E-state index in [1.54, 1.807) is 20.8 Å². The van der Waals surface area contributed by atoms with E-state index in [0.29, 0.717) is 13.0 Å². The Bertz CT molecular complexity index is 349. The molecule has 1 heterocycles. The molecule has 1 rings (SSSR count). The fourth-order valence-corrected chi connectivity index (χ4v) is 2.33. The molecule has 6 heteroatoms. The first-order valence-electron chi connectivity index (χ1n) is 6.85. The van der Waals surface area contributed by atoms with Crippen molar-refractivity contribution in [2.45, 2.75) is 70.5 Å². The van der Waals surface area contributed by atoms with E-state index in [4.69, 9.17) is 16.3 Å². The van der Waals surface area contributed by atoms with Crippen LogP contribution in [0.1, 0.15) is 48.0 Å². The van der Waals surface area contributed by atoms with Crippen LogP contribution in [0.25, 0.3) is 0 Å². The summed E-state index contributed by atoms with van der Waals surface area (Å²) in [5, 5.41) is 2.66. The zero-order valence-corrected chi connectivity index (χ0v) is 13.9. The lowest BCUT2D eigenvalue weighted by Gasteiger charge is -2.30. The SMILES string of the molecule is CC(C)(C)NC(=O)[C@@H]1CC(Cl)CN1C(=O)OC(C)(C)C. The number of amides is 2. The van der Waals surface area contributed by atoms with Crippen molar-refractivity contribution in [3.63, 3.8) is 0 Å². The standard InChI is InChI=1S/C14H25ClN2O3/c1-13(2,3)16-11(18)10-7-9(15)8-17(10)12(19)20-14(4,5)6/h9-10H,7-8H2,1-6H3,(H,16,18)/t9?,10-/m0/s1. The van der Waals surface area contributed by atoms with Gasteiger partial charge in [0.15, 0.2) is 0 Å². The smallest absolute Gasteiger partial charge is 0.411 e. The summed E-state index contributed by atoms with van der Waals surface area (Å²) >= 11 is 6.10. The first-order valence-corrected chi connectivity index (χ1v) is 7.28. The van der Waals surface area contributed by atoms with Gasteiger partial charge >= 0.3 is 6.09 Å². The lowest BCUT2D eigenvalue weighted by molar-refractivity contribution is -0.126. The number of halogens is 1. The van der Waals surface area contributed by atoms with E-state index in [1.165, 1.54) is 4.90 Å². The van der Waals surface area contributed by atoms with Crippen molar-refractivity contribution in [2.75, 3.05) is 6.54 Å². The number of carbonyl (C=O) groups excluding carboxylic acids is 2. The molecule has 1 aliphatic heterocycles. The summed E-state index contributed by atoms with van der Waals surface area (Å²) in [4.78, 5) is 25.8. The fourth-order valence-electron chi connectivity index (χ4n) is 2.01. The average Bonchev–Trinajstić information content (AvgIpc) is 2.55. The van der Waals surface area contributed by atoms with Gasteiger partial charge in [-0.25, -0.2) is 4.79 Å². The summed E-state index contributed by atoms with van der Waals surface area (Å²) in [6.45, 7) is 11.4. The number of hydrogen-bond acceptors (Lipinski definition) is 3. The van der Waals surface area contributed by atoms with Gasteiger partial charge in [-0.15, -0.1) is 11.6 Å². The minimum atomic E-state index is -0.591. The number of nitrogens with one attached hydrogen (secondary N) is 1. The van der Waals surface area contributed by atoms with E-state index in [2.05, 4.69) is 5.32 Å². The number of carbonyl (C=O) groups is 2. The number of hydrogen-bond donors (Lipinski definition) is 1. The van der Waals surface area contributed by atoms with Gasteiger partial charge in [-0.05, 0) is 48.0 Å². The predicted molar refractivity (Wildman–Crippen MR) is 78.9 cm³/mol. The lowest BCUT2D eigenvalue weighted by Crippen LogP contribution is -2.52. The van der Waals surface area contributed by atoms with E-state index >= 15 is 0 Å². The van der Waals surface area contributed by atoms with Crippen LogP contribution in [0.15, 0.2) is 0 Å². The van der Waals surface area contributed by atoms with Crippen molar-refractivity contribution < 1.29 is 14.3 Å². The van der Waals surface area contributed by atoms with E-state index in [1.807, 2.05) is 20.8 Å². The summed E-state index contributed by atoms with van der Waals surface area (Å²) in [7, 11) is 0. The second kappa shape index (κ2) is 5.80. The van der Waals surface area contributed by atoms with Crippen LogP contribution < -0.4 is 5.32 Å². The van der Waals surface area contributed by atoms with Crippen molar-refractivity contribution in [2.24, 2.45) is 0 Å². The van der Waals surface area contributed by atoms with Crippen molar-refractivity contribution in [1.82, 2.24) is 10.2 Å². The summed E-state index contributed by atoms with van der Waals surface area (Å²) < 4.78 is 5.33. The van der Waals surface area contributed by atoms with E-state index in [0.717, 1.165) is 0 Å². The number of nitrogens with zero attached hydrogens (tertiary/aromatic N) is 1. The van der Waals surface area contributed by atoms with Crippen LogP contribution in [0.4, 0.5) is 4.79 Å². The average molecular weight is 305 g/mol. The van der Waals surface area contributed by atoms with Crippen molar-refractivity contribution in [3.05, 3.63) is 0 Å². The summed E-state index contributed by atoms with van der Waals surface area (Å²) in [5.41, 5.74) is -0.937. The summed E-state index contributed by atoms with van der Waals surface area (Å²) in [6, 6.07) is -0.563. The fraction of sp³-hybridized carbons (Fsp3) is 0.857. The molecular weight excluding hydrogens is 280 g/mol. The van der Waals surface area contributed by atoms with Gasteiger partial charge in [0, 0.05) is 12.1 Å². The molecule has 0 spiro atoms. The van der Waals surface area contributed by atoms with Crippen LogP contribution in [0.3, 0.4) is 0 Å². The molecule has 116 valence electrons. The summed E-state index contributed by atoms with van der Waals surface area (Å²) in [5.74, 6) is -0.188. The number of rotatable bonds is 1. The van der Waals surface area contributed by atoms with Crippen molar-refractivity contribution >= 4 is 23.6 Å². The highest BCUT2D eigenvalue weighted by molar-refractivity contribution is 6.21. The zero-order chi connectivity index (χ0) is 15.7. The molecule has 0 aromatic heterocycles. The Balaban J connectivity index is 2.78. The molecule has 0 aromatic carbocycles. The van der Waals surface area contributed by atoms with Gasteiger partial charge in [0.2, 0.25) is 5.91 Å². The minimum absolute atomic E-state index is 0.188. The molecule has 2 atom stereocenters. The molecule has 0 saturated carbocycles. The van der Waals surface area contributed by atoms with Gasteiger partial charge in [-0.2, -0.15) is 0 Å². The van der Waals surface area contributed by atoms with E-state index in [9.17, 15) is 9.59 Å². The number of ether oxygens (including phenoxy) is 1. The quantitative estimate of drug-likeness (QED) is 0.757. The Morgan fingerprint density at radius 1 is 1.20 bits per heavy atom. The molecular formula is C14H25ClN2O3. The molecule has 0 bridgehead atoms. The third-order valence-electron chi connectivity index (χ3n) is 2.68. The van der Waals surface area contributed by atoms with Crippen LogP contribution in [0, 0.1) is 0 Å². The lowest BCUT2D eigenvalue weighted by atomic mass is 10.1. The molecule has 1 aliphatic rings. The van der Waals surface area contributed by atoms with E-state index in [-0.39, 0.29) is 16.8 Å². The topological polar surface area (TPSA) is 58.6 Å². The van der Waals surface area contributed by atoms with Crippen LogP contribution in [-0.2, 0) is 9.53 Å².